The summed E-state index contributed by atoms with van der Waals surface area (Å²) < 4.78 is 7.20. The van der Waals surface area contributed by atoms with Crippen LogP contribution in [0.2, 0.25) is 5.04 Å². The highest BCUT2D eigenvalue weighted by atomic mass is 28.4. The number of carbonyl (C=O) groups is 2. The van der Waals surface area contributed by atoms with Gasteiger partial charge in [-0.1, -0.05) is 126 Å². The topological polar surface area (TPSA) is 55.4 Å². The number of rotatable bonds is 12. The van der Waals surface area contributed by atoms with E-state index in [9.17, 15) is 9.59 Å². The van der Waals surface area contributed by atoms with Crippen molar-refractivity contribution in [2.24, 2.45) is 0 Å². The molecule has 0 bridgehead atoms. The van der Waals surface area contributed by atoms with Gasteiger partial charge in [-0.15, -0.1) is 0 Å². The molecule has 38 heavy (non-hydrogen) atoms. The van der Waals surface area contributed by atoms with E-state index in [2.05, 4.69) is 81.5 Å². The standard InChI is InChI=1S/C33H41NO3Si/c1-5-6-7-14-23-30(35)31(36)33(24-26-17-15-16-22-29(26)34-33)25-37-38(32(2,3)4,27-18-10-8-11-19-27)28-20-12-9-13-21-28/h8-13,15-22,34H,5-7,14,23-25H2,1-4H3/t33-/m0/s1. The number of carbonyl (C=O) groups excluding carboxylic acids is 2. The van der Waals surface area contributed by atoms with Crippen molar-refractivity contribution in [3.8, 4) is 0 Å². The molecule has 0 aliphatic carbocycles. The van der Waals surface area contributed by atoms with Crippen molar-refractivity contribution in [3.63, 3.8) is 0 Å². The van der Waals surface area contributed by atoms with Gasteiger partial charge < -0.3 is 9.74 Å². The van der Waals surface area contributed by atoms with E-state index in [0.29, 0.717) is 6.42 Å². The molecular weight excluding hydrogens is 486 g/mol. The quantitative estimate of drug-likeness (QED) is 0.176. The van der Waals surface area contributed by atoms with Crippen molar-refractivity contribution in [3.05, 3.63) is 90.5 Å². The smallest absolute Gasteiger partial charge is 0.261 e. The molecule has 0 spiro atoms. The minimum absolute atomic E-state index is 0.133. The van der Waals surface area contributed by atoms with E-state index >= 15 is 0 Å². The summed E-state index contributed by atoms with van der Waals surface area (Å²) in [5, 5.41) is 5.57. The minimum Gasteiger partial charge on any atom is -0.405 e. The van der Waals surface area contributed by atoms with Crippen LogP contribution in [0.4, 0.5) is 5.69 Å². The van der Waals surface area contributed by atoms with Gasteiger partial charge in [0.05, 0.1) is 6.61 Å². The average Bonchev–Trinajstić information content (AvgIpc) is 3.31. The van der Waals surface area contributed by atoms with Gasteiger partial charge in [0.25, 0.3) is 8.32 Å². The number of unbranched alkanes of at least 4 members (excludes halogenated alkanes) is 3. The average molecular weight is 528 g/mol. The lowest BCUT2D eigenvalue weighted by Crippen LogP contribution is -2.68. The molecule has 0 radical (unpaired) electrons. The fraction of sp³-hybridized carbons (Fsp3) is 0.394. The first-order valence-corrected chi connectivity index (χ1v) is 15.8. The van der Waals surface area contributed by atoms with Crippen LogP contribution in [-0.4, -0.2) is 32.0 Å². The monoisotopic (exact) mass is 527 g/mol. The van der Waals surface area contributed by atoms with Crippen LogP contribution in [0.5, 0.6) is 0 Å². The Hall–Kier alpha value is -3.02. The van der Waals surface area contributed by atoms with E-state index in [1.54, 1.807) is 0 Å². The first-order valence-electron chi connectivity index (χ1n) is 13.9. The van der Waals surface area contributed by atoms with E-state index in [-0.39, 0.29) is 29.6 Å². The molecule has 1 aliphatic rings. The third kappa shape index (κ3) is 5.55. The fourth-order valence-corrected chi connectivity index (χ4v) is 10.4. The number of anilines is 1. The lowest BCUT2D eigenvalue weighted by Gasteiger charge is -2.45. The summed E-state index contributed by atoms with van der Waals surface area (Å²) >= 11 is 0. The largest absolute Gasteiger partial charge is 0.405 e. The van der Waals surface area contributed by atoms with Gasteiger partial charge in [-0.2, -0.15) is 0 Å². The zero-order valence-electron chi connectivity index (χ0n) is 23.3. The summed E-state index contributed by atoms with van der Waals surface area (Å²) in [7, 11) is -2.89. The highest BCUT2D eigenvalue weighted by molar-refractivity contribution is 6.99. The molecule has 0 saturated heterocycles. The van der Waals surface area contributed by atoms with Crippen molar-refractivity contribution in [2.75, 3.05) is 11.9 Å². The van der Waals surface area contributed by atoms with Crippen LogP contribution in [0, 0.1) is 0 Å². The number of Topliss-reactive ketones (excluding diaryl/α,β-unsaturated/α-hetero) is 2. The minimum atomic E-state index is -2.89. The molecule has 0 unspecified atom stereocenters. The maximum Gasteiger partial charge on any atom is 0.261 e. The molecule has 4 nitrogen and oxygen atoms in total. The molecule has 1 N–H and O–H groups in total. The van der Waals surface area contributed by atoms with E-state index in [4.69, 9.17) is 4.43 Å². The molecule has 1 heterocycles. The van der Waals surface area contributed by atoms with Crippen molar-refractivity contribution in [2.45, 2.75) is 76.8 Å². The zero-order valence-corrected chi connectivity index (χ0v) is 24.3. The first-order chi connectivity index (χ1) is 18.2. The summed E-state index contributed by atoms with van der Waals surface area (Å²) in [6.07, 6.45) is 4.62. The number of fused-ring (bicyclic) bond motifs is 1. The maximum atomic E-state index is 14.0. The third-order valence-corrected chi connectivity index (χ3v) is 12.8. The molecule has 3 aromatic carbocycles. The second kappa shape index (κ2) is 11.8. The van der Waals surface area contributed by atoms with Gasteiger partial charge in [-0.05, 0) is 33.5 Å². The predicted octanol–water partition coefficient (Wildman–Crippen LogP) is 6.08. The highest BCUT2D eigenvalue weighted by Gasteiger charge is 2.54. The van der Waals surface area contributed by atoms with Crippen LogP contribution in [0.1, 0.15) is 65.4 Å². The van der Waals surface area contributed by atoms with E-state index < -0.39 is 13.9 Å². The summed E-state index contributed by atoms with van der Waals surface area (Å²) in [6.45, 7) is 8.95. The van der Waals surface area contributed by atoms with Gasteiger partial charge in [-0.3, -0.25) is 9.59 Å². The number of hydrogen-bond donors (Lipinski definition) is 1. The van der Waals surface area contributed by atoms with Crippen LogP contribution in [0.25, 0.3) is 0 Å². The summed E-state index contributed by atoms with van der Waals surface area (Å²) in [6, 6.07) is 28.8. The van der Waals surface area contributed by atoms with Gasteiger partial charge >= 0.3 is 0 Å². The number of para-hydroxylation sites is 1. The molecule has 1 aliphatic heterocycles. The maximum absolute atomic E-state index is 14.0. The normalized spacial score (nSPS) is 17.1. The molecule has 5 heteroatoms. The van der Waals surface area contributed by atoms with Crippen LogP contribution in [-0.2, 0) is 20.4 Å². The van der Waals surface area contributed by atoms with E-state index in [1.807, 2.05) is 36.4 Å². The Balaban J connectivity index is 1.74. The third-order valence-electron chi connectivity index (χ3n) is 7.78. The van der Waals surface area contributed by atoms with Crippen LogP contribution in [0.15, 0.2) is 84.9 Å². The summed E-state index contributed by atoms with van der Waals surface area (Å²) in [4.78, 5) is 27.2. The Bertz CT molecular complexity index is 1170. The van der Waals surface area contributed by atoms with Crippen molar-refractivity contribution < 1.29 is 14.0 Å². The SMILES string of the molecule is CCCCCCC(=O)C(=O)[C@@]1(CO[Si](c2ccccc2)(c2ccccc2)C(C)(C)C)Cc2ccccc2N1. The van der Waals surface area contributed by atoms with Crippen LogP contribution >= 0.6 is 0 Å². The molecule has 4 rings (SSSR count). The molecular formula is C33H41NO3Si. The fourth-order valence-electron chi connectivity index (χ4n) is 5.80. The van der Waals surface area contributed by atoms with E-state index in [0.717, 1.165) is 47.3 Å². The molecule has 200 valence electrons. The Labute approximate surface area is 229 Å². The summed E-state index contributed by atoms with van der Waals surface area (Å²) in [5.41, 5.74) is 0.842. The highest BCUT2D eigenvalue weighted by Crippen LogP contribution is 2.40. The van der Waals surface area contributed by atoms with Crippen molar-refractivity contribution >= 4 is 35.9 Å². The Morgan fingerprint density at radius 1 is 0.842 bits per heavy atom. The van der Waals surface area contributed by atoms with Gasteiger partial charge in [0.1, 0.15) is 5.54 Å². The molecule has 0 fully saturated rings. The van der Waals surface area contributed by atoms with Crippen molar-refractivity contribution in [1.29, 1.82) is 0 Å². The molecule has 0 aromatic heterocycles. The number of hydrogen-bond acceptors (Lipinski definition) is 4. The lowest BCUT2D eigenvalue weighted by molar-refractivity contribution is -0.139. The van der Waals surface area contributed by atoms with Gasteiger partial charge in [-0.25, -0.2) is 0 Å². The number of ketones is 2. The number of benzene rings is 3. The van der Waals surface area contributed by atoms with Crippen LogP contribution in [0.3, 0.4) is 0 Å². The summed E-state index contributed by atoms with van der Waals surface area (Å²) in [5.74, 6) is -0.657. The molecule has 0 saturated carbocycles. The Morgan fingerprint density at radius 3 is 1.97 bits per heavy atom. The molecule has 1 atom stereocenters. The predicted molar refractivity (Wildman–Crippen MR) is 159 cm³/mol. The second-order valence-corrected chi connectivity index (χ2v) is 15.9. The lowest BCUT2D eigenvalue weighted by atomic mass is 9.87. The molecule has 0 amide bonds. The van der Waals surface area contributed by atoms with E-state index in [1.165, 1.54) is 0 Å². The van der Waals surface area contributed by atoms with Crippen LogP contribution < -0.4 is 15.7 Å². The number of nitrogens with one attached hydrogen (secondary N) is 1. The van der Waals surface area contributed by atoms with Gasteiger partial charge in [0.15, 0.2) is 0 Å². The van der Waals surface area contributed by atoms with Gasteiger partial charge in [0.2, 0.25) is 11.6 Å². The first kappa shape index (κ1) is 28.0. The zero-order chi connectivity index (χ0) is 27.2. The molecule has 3 aromatic rings. The van der Waals surface area contributed by atoms with Gasteiger partial charge in [0, 0.05) is 18.5 Å². The Morgan fingerprint density at radius 2 is 1.42 bits per heavy atom. The Kier molecular flexibility index (Phi) is 8.69. The van der Waals surface area contributed by atoms with Crippen molar-refractivity contribution in [1.82, 2.24) is 0 Å². The second-order valence-electron chi connectivity index (χ2n) is 11.6.